The molecule has 1 heterocycles. The Balaban J connectivity index is 2.11. The van der Waals surface area contributed by atoms with Crippen LogP contribution in [0.3, 0.4) is 0 Å². The Morgan fingerprint density at radius 2 is 1.93 bits per heavy atom. The molecule has 0 saturated heterocycles. The fourth-order valence-electron chi connectivity index (χ4n) is 2.27. The number of benzene rings is 1. The molecule has 0 atom stereocenters. The number of aryl methyl sites for hydroxylation is 1. The minimum absolute atomic E-state index is 0.992. The first-order valence-electron chi connectivity index (χ1n) is 5.34. The number of nitrogens with zero attached hydrogens (tertiary/aromatic N) is 1. The van der Waals surface area contributed by atoms with Crippen molar-refractivity contribution in [2.45, 2.75) is 19.8 Å². The van der Waals surface area contributed by atoms with Crippen LogP contribution in [0.25, 0.3) is 0 Å². The van der Waals surface area contributed by atoms with Gasteiger partial charge in [0.1, 0.15) is 0 Å². The van der Waals surface area contributed by atoms with Gasteiger partial charge in [-0.05, 0) is 36.1 Å². The van der Waals surface area contributed by atoms with Crippen molar-refractivity contribution in [3.8, 4) is 0 Å². The van der Waals surface area contributed by atoms with Gasteiger partial charge in [-0.15, -0.1) is 0 Å². The van der Waals surface area contributed by atoms with Gasteiger partial charge in [0.25, 0.3) is 0 Å². The highest BCUT2D eigenvalue weighted by Crippen LogP contribution is 2.25. The first-order valence-corrected chi connectivity index (χ1v) is 5.34. The fourth-order valence-corrected chi connectivity index (χ4v) is 2.27. The Morgan fingerprint density at radius 3 is 2.87 bits per heavy atom. The van der Waals surface area contributed by atoms with Crippen LogP contribution in [0.2, 0.25) is 0 Å². The third-order valence-corrected chi connectivity index (χ3v) is 3.09. The molecule has 0 saturated carbocycles. The van der Waals surface area contributed by atoms with Crippen molar-refractivity contribution in [2.75, 3.05) is 0 Å². The smallest absolute Gasteiger partial charge is 0.0482 e. The van der Waals surface area contributed by atoms with Crippen LogP contribution < -0.4 is 0 Å². The molecule has 0 fully saturated rings. The number of hydrogen-bond donors (Lipinski definition) is 0. The van der Waals surface area contributed by atoms with E-state index in [1.54, 1.807) is 0 Å². The summed E-state index contributed by atoms with van der Waals surface area (Å²) in [7, 11) is 0. The van der Waals surface area contributed by atoms with E-state index in [0.717, 1.165) is 12.8 Å². The van der Waals surface area contributed by atoms with Gasteiger partial charge in [-0.3, -0.25) is 4.98 Å². The average Bonchev–Trinajstić information content (AvgIpc) is 2.26. The first-order chi connectivity index (χ1) is 7.33. The summed E-state index contributed by atoms with van der Waals surface area (Å²) in [5, 5.41) is 0. The lowest BCUT2D eigenvalue weighted by molar-refractivity contribution is 0.939. The molecule has 74 valence electrons. The van der Waals surface area contributed by atoms with E-state index in [4.69, 9.17) is 0 Å². The molecule has 0 bridgehead atoms. The molecule has 0 N–H and O–H groups in total. The van der Waals surface area contributed by atoms with Gasteiger partial charge in [-0.1, -0.05) is 29.8 Å². The van der Waals surface area contributed by atoms with Crippen molar-refractivity contribution in [2.24, 2.45) is 0 Å². The van der Waals surface area contributed by atoms with Crippen molar-refractivity contribution < 1.29 is 0 Å². The minimum atomic E-state index is 0.992. The lowest BCUT2D eigenvalue weighted by atomic mass is 9.88. The van der Waals surface area contributed by atoms with Crippen LogP contribution in [0.4, 0.5) is 0 Å². The largest absolute Gasteiger partial charge is 0.261 e. The Bertz CT molecular complexity index is 514. The molecule has 15 heavy (non-hydrogen) atoms. The lowest BCUT2D eigenvalue weighted by Crippen LogP contribution is -2.08. The van der Waals surface area contributed by atoms with Crippen LogP contribution in [-0.2, 0) is 12.8 Å². The quantitative estimate of drug-likeness (QED) is 0.537. The average molecular weight is 195 g/mol. The maximum absolute atomic E-state index is 4.44. The van der Waals surface area contributed by atoms with Crippen LogP contribution in [0.15, 0.2) is 36.5 Å². The molecule has 0 radical (unpaired) electrons. The summed E-state index contributed by atoms with van der Waals surface area (Å²) in [6.07, 6.45) is 3.92. The molecule has 0 spiro atoms. The first kappa shape index (κ1) is 8.66. The molecule has 0 aliphatic heterocycles. The second-order valence-corrected chi connectivity index (χ2v) is 4.23. The van der Waals surface area contributed by atoms with Gasteiger partial charge in [0.15, 0.2) is 0 Å². The molecule has 1 aliphatic carbocycles. The van der Waals surface area contributed by atoms with E-state index in [1.165, 1.54) is 27.9 Å². The van der Waals surface area contributed by atoms with Gasteiger partial charge < -0.3 is 0 Å². The van der Waals surface area contributed by atoms with E-state index in [1.807, 2.05) is 12.3 Å². The molecule has 1 aromatic carbocycles. The number of fused-ring (bicyclic) bond motifs is 2. The minimum Gasteiger partial charge on any atom is -0.261 e. The second-order valence-electron chi connectivity index (χ2n) is 4.23. The van der Waals surface area contributed by atoms with Gasteiger partial charge in [0.05, 0.1) is 0 Å². The number of aromatic nitrogens is 1. The summed E-state index contributed by atoms with van der Waals surface area (Å²) >= 11 is 0. The van der Waals surface area contributed by atoms with Crippen molar-refractivity contribution in [3.63, 3.8) is 0 Å². The maximum atomic E-state index is 4.44. The summed E-state index contributed by atoms with van der Waals surface area (Å²) in [5.41, 5.74) is 6.88. The highest BCUT2D eigenvalue weighted by atomic mass is 14.7. The zero-order chi connectivity index (χ0) is 10.3. The molecule has 0 unspecified atom stereocenters. The summed E-state index contributed by atoms with van der Waals surface area (Å²) < 4.78 is 0. The highest BCUT2D eigenvalue weighted by Gasteiger charge is 2.15. The van der Waals surface area contributed by atoms with Crippen LogP contribution >= 0.6 is 0 Å². The van der Waals surface area contributed by atoms with Gasteiger partial charge in [-0.25, -0.2) is 0 Å². The summed E-state index contributed by atoms with van der Waals surface area (Å²) in [5.74, 6) is 0. The van der Waals surface area contributed by atoms with E-state index in [-0.39, 0.29) is 0 Å². The molecule has 0 amide bonds. The number of pyridine rings is 1. The third-order valence-electron chi connectivity index (χ3n) is 3.09. The predicted octanol–water partition coefficient (Wildman–Crippen LogP) is 2.89. The maximum Gasteiger partial charge on any atom is 0.0482 e. The Morgan fingerprint density at radius 1 is 1.00 bits per heavy atom. The third kappa shape index (κ3) is 1.44. The Kier molecular flexibility index (Phi) is 1.84. The topological polar surface area (TPSA) is 12.9 Å². The molecule has 1 nitrogen and oxygen atoms in total. The monoisotopic (exact) mass is 195 g/mol. The Labute approximate surface area is 89.8 Å². The molecular weight excluding hydrogens is 182 g/mol. The second kappa shape index (κ2) is 3.20. The molecule has 1 aromatic heterocycles. The van der Waals surface area contributed by atoms with Crippen LogP contribution in [0.5, 0.6) is 0 Å². The van der Waals surface area contributed by atoms with Crippen molar-refractivity contribution >= 4 is 0 Å². The van der Waals surface area contributed by atoms with Crippen molar-refractivity contribution in [1.29, 1.82) is 0 Å². The zero-order valence-corrected chi connectivity index (χ0v) is 8.83. The van der Waals surface area contributed by atoms with E-state index < -0.39 is 0 Å². The molecule has 1 heteroatoms. The van der Waals surface area contributed by atoms with E-state index in [0.29, 0.717) is 0 Å². The SMILES string of the molecule is Cc1ccc2c(c1)Cc1cccnc1C2. The normalized spacial score (nSPS) is 13.1. The van der Waals surface area contributed by atoms with E-state index in [9.17, 15) is 0 Å². The molecule has 3 rings (SSSR count). The zero-order valence-electron chi connectivity index (χ0n) is 8.83. The van der Waals surface area contributed by atoms with Crippen LogP contribution in [0, 0.1) is 6.92 Å². The number of rotatable bonds is 0. The molecule has 1 aliphatic rings. The summed E-state index contributed by atoms with van der Waals surface area (Å²) in [4.78, 5) is 4.44. The van der Waals surface area contributed by atoms with E-state index >= 15 is 0 Å². The highest BCUT2D eigenvalue weighted by molar-refractivity contribution is 5.43. The molecular formula is C14H13N. The standard InChI is InChI=1S/C14H13N/c1-10-4-5-11-9-14-12(3-2-6-15-14)8-13(11)7-10/h2-7H,8-9H2,1H3. The predicted molar refractivity (Wildman–Crippen MR) is 61.0 cm³/mol. The van der Waals surface area contributed by atoms with Gasteiger partial charge in [0.2, 0.25) is 0 Å². The van der Waals surface area contributed by atoms with E-state index in [2.05, 4.69) is 36.2 Å². The van der Waals surface area contributed by atoms with Crippen LogP contribution in [-0.4, -0.2) is 4.98 Å². The summed E-state index contributed by atoms with van der Waals surface area (Å²) in [6, 6.07) is 10.9. The number of hydrogen-bond acceptors (Lipinski definition) is 1. The van der Waals surface area contributed by atoms with Crippen molar-refractivity contribution in [1.82, 2.24) is 4.98 Å². The lowest BCUT2D eigenvalue weighted by Gasteiger charge is -2.18. The Hall–Kier alpha value is -1.63. The fraction of sp³-hybridized carbons (Fsp3) is 0.214. The van der Waals surface area contributed by atoms with Gasteiger partial charge >= 0.3 is 0 Å². The van der Waals surface area contributed by atoms with Gasteiger partial charge in [0, 0.05) is 18.3 Å². The molecule has 2 aromatic rings. The summed E-state index contributed by atoms with van der Waals surface area (Å²) in [6.45, 7) is 2.15. The van der Waals surface area contributed by atoms with Gasteiger partial charge in [-0.2, -0.15) is 0 Å². The van der Waals surface area contributed by atoms with Crippen LogP contribution in [0.1, 0.15) is 27.9 Å². The van der Waals surface area contributed by atoms with Crippen molar-refractivity contribution in [3.05, 3.63) is 64.5 Å².